The van der Waals surface area contributed by atoms with E-state index >= 15 is 0 Å². The number of phenolic OH excluding ortho intramolecular Hbond substituents is 1. The molecule has 1 aliphatic heterocycles. The highest BCUT2D eigenvalue weighted by Crippen LogP contribution is 2.34. The molecule has 0 unspecified atom stereocenters. The van der Waals surface area contributed by atoms with Crippen LogP contribution in [0.4, 0.5) is 11.4 Å². The van der Waals surface area contributed by atoms with Crippen LogP contribution in [0.3, 0.4) is 0 Å². The van der Waals surface area contributed by atoms with Crippen LogP contribution in [-0.2, 0) is 26.6 Å². The van der Waals surface area contributed by atoms with Crippen LogP contribution >= 0.6 is 0 Å². The highest BCUT2D eigenvalue weighted by Gasteiger charge is 2.31. The van der Waals surface area contributed by atoms with E-state index < -0.39 is 37.1 Å². The Hall–Kier alpha value is -4.43. The molecule has 12 nitrogen and oxygen atoms in total. The number of para-hydroxylation sites is 1. The van der Waals surface area contributed by atoms with Crippen LogP contribution in [-0.4, -0.2) is 42.4 Å². The topological polar surface area (TPSA) is 180 Å². The van der Waals surface area contributed by atoms with Gasteiger partial charge in [0.05, 0.1) is 16.8 Å². The van der Waals surface area contributed by atoms with Crippen molar-refractivity contribution in [2.75, 3.05) is 10.0 Å². The zero-order chi connectivity index (χ0) is 28.8. The quantitative estimate of drug-likeness (QED) is 0.254. The summed E-state index contributed by atoms with van der Waals surface area (Å²) in [6, 6.07) is 12.1. The fraction of sp³-hybridized carbons (Fsp3) is 0.192. The number of sulfonamides is 2. The van der Waals surface area contributed by atoms with E-state index in [1.165, 1.54) is 47.2 Å². The number of benzene rings is 2. The van der Waals surface area contributed by atoms with Gasteiger partial charge in [-0.2, -0.15) is 8.42 Å². The number of amidine groups is 1. The predicted octanol–water partition coefficient (Wildman–Crippen LogP) is 3.22. The maximum atomic E-state index is 13.6. The normalized spacial score (nSPS) is 14.4. The molecular formula is C26H25N5O7S2. The molecule has 0 fully saturated rings. The molecule has 208 valence electrons. The zero-order valence-corrected chi connectivity index (χ0v) is 23.0. The van der Waals surface area contributed by atoms with Gasteiger partial charge in [-0.15, -0.1) is 4.40 Å². The summed E-state index contributed by atoms with van der Waals surface area (Å²) >= 11 is 0. The van der Waals surface area contributed by atoms with Gasteiger partial charge < -0.3 is 15.5 Å². The number of rotatable bonds is 7. The fourth-order valence-electron chi connectivity index (χ4n) is 4.30. The van der Waals surface area contributed by atoms with Crippen LogP contribution < -0.4 is 15.6 Å². The molecule has 4 N–H and O–H groups in total. The maximum Gasteiger partial charge on any atom is 0.286 e. The first kappa shape index (κ1) is 27.1. The van der Waals surface area contributed by atoms with Crippen molar-refractivity contribution in [3.8, 4) is 11.5 Å². The second kappa shape index (κ2) is 9.95. The highest BCUT2D eigenvalue weighted by molar-refractivity contribution is 7.93. The van der Waals surface area contributed by atoms with E-state index in [9.17, 15) is 31.8 Å². The number of aryl methyl sites for hydroxylation is 1. The van der Waals surface area contributed by atoms with E-state index in [1.807, 2.05) is 13.8 Å². The highest BCUT2D eigenvalue weighted by atomic mass is 32.2. The van der Waals surface area contributed by atoms with Gasteiger partial charge in [-0.05, 0) is 54.8 Å². The Labute approximate surface area is 229 Å². The third kappa shape index (κ3) is 4.86. The van der Waals surface area contributed by atoms with Gasteiger partial charge in [0.1, 0.15) is 32.5 Å². The predicted molar refractivity (Wildman–Crippen MR) is 150 cm³/mol. The molecule has 2 aromatic heterocycles. The lowest BCUT2D eigenvalue weighted by atomic mass is 10.1. The number of nitrogens with zero attached hydrogens (tertiary/aromatic N) is 3. The molecule has 0 radical (unpaired) electrons. The van der Waals surface area contributed by atoms with Gasteiger partial charge in [0, 0.05) is 12.7 Å². The van der Waals surface area contributed by atoms with Gasteiger partial charge >= 0.3 is 0 Å². The number of hydrogen-bond acceptors (Lipinski definition) is 9. The van der Waals surface area contributed by atoms with Gasteiger partial charge in [0.25, 0.3) is 25.6 Å². The molecular weight excluding hydrogens is 558 g/mol. The molecule has 0 spiro atoms. The van der Waals surface area contributed by atoms with Crippen LogP contribution in [0.1, 0.15) is 25.8 Å². The Bertz CT molecular complexity index is 1970. The molecule has 3 heterocycles. The molecule has 40 heavy (non-hydrogen) atoms. The lowest BCUT2D eigenvalue weighted by Gasteiger charge is -2.21. The monoisotopic (exact) mass is 583 g/mol. The Morgan fingerprint density at radius 2 is 1.82 bits per heavy atom. The molecule has 0 bridgehead atoms. The number of fused-ring (bicyclic) bond motifs is 2. The molecule has 2 aromatic carbocycles. The number of pyridine rings is 2. The van der Waals surface area contributed by atoms with E-state index in [4.69, 9.17) is 0 Å². The van der Waals surface area contributed by atoms with E-state index in [1.54, 1.807) is 12.1 Å². The summed E-state index contributed by atoms with van der Waals surface area (Å²) in [5.41, 5.74) is -0.810. The second-order valence-corrected chi connectivity index (χ2v) is 12.8. The summed E-state index contributed by atoms with van der Waals surface area (Å²) in [7, 11) is -8.69. The SMILES string of the molecule is CC(C)CCn1c(=O)c(C2=NS(=O)(=O)c3cc(NS(=O)(=O)c4ccccc4O)ccc3N2)c(O)c2cccnc21. The van der Waals surface area contributed by atoms with E-state index in [2.05, 4.69) is 19.4 Å². The molecule has 0 saturated heterocycles. The van der Waals surface area contributed by atoms with Crippen molar-refractivity contribution in [3.05, 3.63) is 76.7 Å². The van der Waals surface area contributed by atoms with Crippen molar-refractivity contribution in [3.63, 3.8) is 0 Å². The lowest BCUT2D eigenvalue weighted by molar-refractivity contribution is 0.459. The van der Waals surface area contributed by atoms with Gasteiger partial charge in [0.15, 0.2) is 5.84 Å². The third-order valence-corrected chi connectivity index (χ3v) is 9.04. The minimum atomic E-state index is -4.45. The first-order chi connectivity index (χ1) is 18.9. The first-order valence-corrected chi connectivity index (χ1v) is 15.1. The Balaban J connectivity index is 1.58. The minimum absolute atomic E-state index is 0.0225. The summed E-state index contributed by atoms with van der Waals surface area (Å²) in [4.78, 5) is 17.1. The number of phenols is 1. The van der Waals surface area contributed by atoms with Crippen molar-refractivity contribution >= 4 is 48.3 Å². The van der Waals surface area contributed by atoms with Gasteiger partial charge in [-0.1, -0.05) is 26.0 Å². The molecule has 14 heteroatoms. The lowest BCUT2D eigenvalue weighted by Crippen LogP contribution is -2.33. The Morgan fingerprint density at radius 1 is 1.07 bits per heavy atom. The summed E-state index contributed by atoms with van der Waals surface area (Å²) in [6.07, 6.45) is 2.13. The number of aromatic nitrogens is 2. The fourth-order valence-corrected chi connectivity index (χ4v) is 6.59. The Kier molecular flexibility index (Phi) is 6.75. The molecule has 0 atom stereocenters. The average Bonchev–Trinajstić information content (AvgIpc) is 2.88. The van der Waals surface area contributed by atoms with Crippen LogP contribution in [0.5, 0.6) is 11.5 Å². The van der Waals surface area contributed by atoms with E-state index in [0.717, 1.165) is 6.07 Å². The standard InChI is InChI=1S/C26H25N5O7S2/c1-15(2)11-13-31-25-17(6-5-12-27-25)23(33)22(26(31)34)24-28-18-10-9-16(14-21(18)40(37,38)30-24)29-39(35,36)20-8-4-3-7-19(20)32/h3-10,12,14-15,29,32-33H,11,13H2,1-2H3,(H,28,30). The van der Waals surface area contributed by atoms with E-state index in [-0.39, 0.29) is 56.1 Å². The molecule has 4 aromatic rings. The number of nitrogens with one attached hydrogen (secondary N) is 2. The molecule has 0 saturated carbocycles. The van der Waals surface area contributed by atoms with E-state index in [0.29, 0.717) is 6.42 Å². The summed E-state index contributed by atoms with van der Waals surface area (Å²) in [5.74, 6) is -1.05. The van der Waals surface area contributed by atoms with Crippen molar-refractivity contribution in [1.82, 2.24) is 9.55 Å². The van der Waals surface area contributed by atoms with Crippen molar-refractivity contribution in [1.29, 1.82) is 0 Å². The van der Waals surface area contributed by atoms with Gasteiger partial charge in [-0.25, -0.2) is 13.4 Å². The number of anilines is 2. The zero-order valence-electron chi connectivity index (χ0n) is 21.4. The third-order valence-electron chi connectivity index (χ3n) is 6.29. The van der Waals surface area contributed by atoms with Crippen molar-refractivity contribution < 1.29 is 27.0 Å². The smallest absolute Gasteiger partial charge is 0.286 e. The second-order valence-electron chi connectivity index (χ2n) is 9.56. The van der Waals surface area contributed by atoms with Crippen molar-refractivity contribution in [2.24, 2.45) is 10.3 Å². The summed E-state index contributed by atoms with van der Waals surface area (Å²) < 4.78 is 59.4. The largest absolute Gasteiger partial charge is 0.507 e. The summed E-state index contributed by atoms with van der Waals surface area (Å²) in [6.45, 7) is 4.28. The number of hydrogen-bond donors (Lipinski definition) is 4. The Morgan fingerprint density at radius 3 is 2.55 bits per heavy atom. The molecule has 0 aliphatic carbocycles. The van der Waals surface area contributed by atoms with Crippen LogP contribution in [0.25, 0.3) is 11.0 Å². The van der Waals surface area contributed by atoms with Crippen LogP contribution in [0, 0.1) is 5.92 Å². The van der Waals surface area contributed by atoms with Crippen LogP contribution in [0.2, 0.25) is 0 Å². The molecule has 1 aliphatic rings. The molecule has 5 rings (SSSR count). The minimum Gasteiger partial charge on any atom is -0.507 e. The van der Waals surface area contributed by atoms with Crippen molar-refractivity contribution in [2.45, 2.75) is 36.6 Å². The van der Waals surface area contributed by atoms with Crippen LogP contribution in [0.15, 0.2) is 79.8 Å². The van der Waals surface area contributed by atoms with Gasteiger partial charge in [0.2, 0.25) is 0 Å². The maximum absolute atomic E-state index is 13.6. The van der Waals surface area contributed by atoms with Gasteiger partial charge in [-0.3, -0.25) is 14.1 Å². The average molecular weight is 584 g/mol. The molecule has 0 amide bonds. The first-order valence-electron chi connectivity index (χ1n) is 12.2. The number of aromatic hydroxyl groups is 2. The summed E-state index contributed by atoms with van der Waals surface area (Å²) in [5, 5.41) is 24.0.